The van der Waals surface area contributed by atoms with Crippen molar-refractivity contribution in [2.24, 2.45) is 10.8 Å². The molecule has 1 unspecified atom stereocenters. The molecule has 0 amide bonds. The average molecular weight is 139 g/mol. The minimum Gasteiger partial charge on any atom is -0.317 e. The van der Waals surface area contributed by atoms with Crippen LogP contribution < -0.4 is 5.32 Å². The molecule has 2 aliphatic rings. The highest BCUT2D eigenvalue weighted by molar-refractivity contribution is 5.23. The molecular formula is C9H17N. The Hall–Kier alpha value is -0.0400. The zero-order valence-electron chi connectivity index (χ0n) is 7.20. The van der Waals surface area contributed by atoms with Crippen LogP contribution in [0.2, 0.25) is 0 Å². The summed E-state index contributed by atoms with van der Waals surface area (Å²) in [5.41, 5.74) is 1.47. The normalized spacial score (nSPS) is 43.5. The quantitative estimate of drug-likeness (QED) is 0.615. The molecule has 0 aromatic carbocycles. The van der Waals surface area contributed by atoms with Gasteiger partial charge in [0.05, 0.1) is 0 Å². The van der Waals surface area contributed by atoms with Gasteiger partial charge in [0.1, 0.15) is 0 Å². The molecule has 2 saturated carbocycles. The van der Waals surface area contributed by atoms with E-state index in [1.165, 1.54) is 19.3 Å². The predicted octanol–water partition coefficient (Wildman–Crippen LogP) is 1.78. The van der Waals surface area contributed by atoms with Crippen molar-refractivity contribution in [3.05, 3.63) is 0 Å². The van der Waals surface area contributed by atoms with E-state index in [9.17, 15) is 0 Å². The molecule has 1 heteroatoms. The standard InChI is InChI=1S/C9H17N/c1-7(10-3)8(2)6-9(8)4-5-9/h7,10H,4-6H2,1-3H3/t7-,8?/m1/s1. The minimum atomic E-state index is 0.655. The Balaban J connectivity index is 2.05. The summed E-state index contributed by atoms with van der Waals surface area (Å²) in [6.45, 7) is 4.74. The van der Waals surface area contributed by atoms with Gasteiger partial charge in [-0.25, -0.2) is 0 Å². The molecule has 58 valence electrons. The molecule has 1 nitrogen and oxygen atoms in total. The summed E-state index contributed by atoms with van der Waals surface area (Å²) < 4.78 is 0. The lowest BCUT2D eigenvalue weighted by Crippen LogP contribution is -2.31. The van der Waals surface area contributed by atoms with Crippen molar-refractivity contribution in [3.8, 4) is 0 Å². The van der Waals surface area contributed by atoms with Crippen LogP contribution in [0.15, 0.2) is 0 Å². The van der Waals surface area contributed by atoms with Crippen LogP contribution in [-0.4, -0.2) is 13.1 Å². The Kier molecular flexibility index (Phi) is 1.05. The fourth-order valence-corrected chi connectivity index (χ4v) is 2.49. The summed E-state index contributed by atoms with van der Waals surface area (Å²) in [6.07, 6.45) is 4.47. The molecule has 2 atom stereocenters. The van der Waals surface area contributed by atoms with Gasteiger partial charge in [0.2, 0.25) is 0 Å². The molecule has 1 N–H and O–H groups in total. The first kappa shape index (κ1) is 6.66. The van der Waals surface area contributed by atoms with Gasteiger partial charge in [-0.15, -0.1) is 0 Å². The fourth-order valence-electron chi connectivity index (χ4n) is 2.49. The molecule has 0 bridgehead atoms. The lowest BCUT2D eigenvalue weighted by atomic mass is 9.96. The number of nitrogens with one attached hydrogen (secondary N) is 1. The highest BCUT2D eigenvalue weighted by Crippen LogP contribution is 2.79. The molecule has 2 aliphatic carbocycles. The highest BCUT2D eigenvalue weighted by atomic mass is 14.9. The van der Waals surface area contributed by atoms with Gasteiger partial charge < -0.3 is 5.32 Å². The van der Waals surface area contributed by atoms with Crippen molar-refractivity contribution in [2.75, 3.05) is 7.05 Å². The topological polar surface area (TPSA) is 12.0 Å². The lowest BCUT2D eigenvalue weighted by molar-refractivity contribution is 0.363. The Labute approximate surface area is 63.2 Å². The number of hydrogen-bond donors (Lipinski definition) is 1. The first-order valence-corrected chi connectivity index (χ1v) is 4.32. The first-order valence-electron chi connectivity index (χ1n) is 4.32. The first-order chi connectivity index (χ1) is 4.65. The van der Waals surface area contributed by atoms with Crippen molar-refractivity contribution in [3.63, 3.8) is 0 Å². The van der Waals surface area contributed by atoms with Crippen LogP contribution in [0, 0.1) is 10.8 Å². The summed E-state index contributed by atoms with van der Waals surface area (Å²) in [7, 11) is 2.07. The maximum Gasteiger partial charge on any atom is 0.00950 e. The van der Waals surface area contributed by atoms with Crippen molar-refractivity contribution in [2.45, 2.75) is 39.2 Å². The maximum absolute atomic E-state index is 3.36. The van der Waals surface area contributed by atoms with Crippen molar-refractivity contribution in [1.82, 2.24) is 5.32 Å². The molecule has 0 radical (unpaired) electrons. The molecule has 2 fully saturated rings. The fraction of sp³-hybridized carbons (Fsp3) is 1.00. The Morgan fingerprint density at radius 1 is 1.40 bits per heavy atom. The van der Waals surface area contributed by atoms with E-state index in [0.717, 1.165) is 11.5 Å². The highest BCUT2D eigenvalue weighted by Gasteiger charge is 2.72. The summed E-state index contributed by atoms with van der Waals surface area (Å²) >= 11 is 0. The Morgan fingerprint density at radius 3 is 2.30 bits per heavy atom. The molecule has 10 heavy (non-hydrogen) atoms. The van der Waals surface area contributed by atoms with E-state index < -0.39 is 0 Å². The zero-order valence-corrected chi connectivity index (χ0v) is 7.20. The monoisotopic (exact) mass is 139 g/mol. The van der Waals surface area contributed by atoms with E-state index in [1.54, 1.807) is 0 Å². The molecule has 0 aromatic heterocycles. The van der Waals surface area contributed by atoms with E-state index in [1.807, 2.05) is 0 Å². The second-order valence-corrected chi connectivity index (χ2v) is 4.38. The third kappa shape index (κ3) is 0.572. The van der Waals surface area contributed by atoms with Crippen molar-refractivity contribution in [1.29, 1.82) is 0 Å². The van der Waals surface area contributed by atoms with Crippen LogP contribution in [-0.2, 0) is 0 Å². The van der Waals surface area contributed by atoms with Crippen LogP contribution in [0.4, 0.5) is 0 Å². The summed E-state index contributed by atoms with van der Waals surface area (Å²) in [6, 6.07) is 0.718. The zero-order chi connectivity index (χ0) is 7.41. The van der Waals surface area contributed by atoms with Crippen LogP contribution in [0.3, 0.4) is 0 Å². The molecule has 0 aliphatic heterocycles. The third-order valence-corrected chi connectivity index (χ3v) is 4.03. The van der Waals surface area contributed by atoms with Gasteiger partial charge in [-0.05, 0) is 44.1 Å². The molecule has 2 rings (SSSR count). The Bertz CT molecular complexity index is 160. The van der Waals surface area contributed by atoms with Gasteiger partial charge in [-0.2, -0.15) is 0 Å². The second-order valence-electron chi connectivity index (χ2n) is 4.38. The van der Waals surface area contributed by atoms with Crippen molar-refractivity contribution >= 4 is 0 Å². The maximum atomic E-state index is 3.36. The van der Waals surface area contributed by atoms with Gasteiger partial charge in [0.15, 0.2) is 0 Å². The third-order valence-electron chi connectivity index (χ3n) is 4.03. The SMILES string of the molecule is CN[C@H](C)C1(C)CC12CC2. The summed E-state index contributed by atoms with van der Waals surface area (Å²) in [5.74, 6) is 0. The second kappa shape index (κ2) is 1.58. The van der Waals surface area contributed by atoms with Crippen molar-refractivity contribution < 1.29 is 0 Å². The smallest absolute Gasteiger partial charge is 0.00950 e. The van der Waals surface area contributed by atoms with E-state index in [4.69, 9.17) is 0 Å². The largest absolute Gasteiger partial charge is 0.317 e. The number of rotatable bonds is 2. The van der Waals surface area contributed by atoms with Gasteiger partial charge in [0, 0.05) is 6.04 Å². The van der Waals surface area contributed by atoms with Crippen LogP contribution in [0.5, 0.6) is 0 Å². The molecular weight excluding hydrogens is 122 g/mol. The van der Waals surface area contributed by atoms with Gasteiger partial charge in [0.25, 0.3) is 0 Å². The molecule has 0 aromatic rings. The van der Waals surface area contributed by atoms with E-state index in [-0.39, 0.29) is 0 Å². The average Bonchev–Trinajstić information content (AvgIpc) is 2.77. The van der Waals surface area contributed by atoms with Gasteiger partial charge in [-0.3, -0.25) is 0 Å². The van der Waals surface area contributed by atoms with E-state index in [2.05, 4.69) is 26.2 Å². The van der Waals surface area contributed by atoms with Gasteiger partial charge >= 0.3 is 0 Å². The van der Waals surface area contributed by atoms with Crippen LogP contribution >= 0.6 is 0 Å². The number of hydrogen-bond acceptors (Lipinski definition) is 1. The van der Waals surface area contributed by atoms with E-state index >= 15 is 0 Å². The van der Waals surface area contributed by atoms with Crippen LogP contribution in [0.25, 0.3) is 0 Å². The predicted molar refractivity (Wildman–Crippen MR) is 42.9 cm³/mol. The van der Waals surface area contributed by atoms with Crippen LogP contribution in [0.1, 0.15) is 33.1 Å². The molecule has 0 heterocycles. The van der Waals surface area contributed by atoms with E-state index in [0.29, 0.717) is 5.41 Å². The molecule has 1 spiro atoms. The summed E-state index contributed by atoms with van der Waals surface area (Å²) in [5, 5.41) is 3.36. The Morgan fingerprint density at radius 2 is 2.00 bits per heavy atom. The summed E-state index contributed by atoms with van der Waals surface area (Å²) in [4.78, 5) is 0. The molecule has 0 saturated heterocycles. The van der Waals surface area contributed by atoms with Gasteiger partial charge in [-0.1, -0.05) is 6.92 Å². The minimum absolute atomic E-state index is 0.655. The lowest BCUT2D eigenvalue weighted by Gasteiger charge is -2.19.